The molecule has 0 saturated carbocycles. The van der Waals surface area contributed by atoms with Crippen molar-refractivity contribution < 1.29 is 42.1 Å². The van der Waals surface area contributed by atoms with Gasteiger partial charge in [-0.3, -0.25) is 18.6 Å². The number of nitrogens with zero attached hydrogens (tertiary/aromatic N) is 1. The molecule has 0 aromatic rings. The Morgan fingerprint density at radius 3 is 1.20 bits per heavy atom. The maximum atomic E-state index is 12.8. The van der Waals surface area contributed by atoms with Crippen LogP contribution >= 0.6 is 7.82 Å². The summed E-state index contributed by atoms with van der Waals surface area (Å²) in [6.07, 6.45) is 70.3. The summed E-state index contributed by atoms with van der Waals surface area (Å²) in [6, 6.07) is 0. The van der Waals surface area contributed by atoms with Gasteiger partial charge < -0.3 is 18.9 Å². The molecule has 0 amide bonds. The number of hydrogen-bond acceptors (Lipinski definition) is 7. The van der Waals surface area contributed by atoms with E-state index in [1.54, 1.807) is 0 Å². The molecule has 9 nitrogen and oxygen atoms in total. The van der Waals surface area contributed by atoms with Crippen molar-refractivity contribution in [2.75, 3.05) is 47.5 Å². The third kappa shape index (κ3) is 56.1. The Labute approximate surface area is 436 Å². The number of hydrogen-bond donors (Lipinski definition) is 1. The average molecular weight is 1010 g/mol. The number of carbonyl (C=O) groups excluding carboxylic acids is 2. The molecule has 2 atom stereocenters. The van der Waals surface area contributed by atoms with E-state index in [0.29, 0.717) is 17.4 Å². The number of phosphoric acid groups is 1. The van der Waals surface area contributed by atoms with Crippen LogP contribution < -0.4 is 0 Å². The standard InChI is InChI=1S/C61H106NO8P/c1-6-8-10-12-14-16-18-20-22-24-26-27-28-29-30-31-32-33-34-35-36-38-40-42-44-46-48-50-52-54-61(64)70-59(58-69-71(65,66)68-56-55-62(3,4)5)57-67-60(63)53-51-49-47-45-43-41-39-37-25-23-21-19-17-15-13-11-9-7-2/h8,10,14,16-17,19-20,22-23,25-27,29-30,32-33,59H,6-7,9,11-13,15,18,21,24,28,31,34-58H2,1-5H3/p+1/b10-8-,16-14-,19-17-,22-20-,25-23-,27-26-,30-29-,33-32-. The Morgan fingerprint density at radius 1 is 0.451 bits per heavy atom. The van der Waals surface area contributed by atoms with Gasteiger partial charge in [-0.05, 0) is 96.3 Å². The number of unbranched alkanes of at least 4 members (excludes halogenated alkanes) is 21. The lowest BCUT2D eigenvalue weighted by atomic mass is 10.0. The number of ether oxygens (including phenoxy) is 2. The summed E-state index contributed by atoms with van der Waals surface area (Å²) in [5, 5.41) is 0. The van der Waals surface area contributed by atoms with E-state index in [1.807, 2.05) is 21.1 Å². The lowest BCUT2D eigenvalue weighted by molar-refractivity contribution is -0.870. The van der Waals surface area contributed by atoms with Gasteiger partial charge in [0, 0.05) is 12.8 Å². The van der Waals surface area contributed by atoms with E-state index in [9.17, 15) is 19.0 Å². The molecule has 0 aliphatic rings. The molecule has 0 bridgehead atoms. The molecule has 1 N–H and O–H groups in total. The van der Waals surface area contributed by atoms with Crippen molar-refractivity contribution in [1.29, 1.82) is 0 Å². The zero-order valence-electron chi connectivity index (χ0n) is 46.2. The Bertz CT molecular complexity index is 1520. The number of quaternary nitrogens is 1. The van der Waals surface area contributed by atoms with Crippen LogP contribution in [0.4, 0.5) is 0 Å². The molecule has 0 aliphatic heterocycles. The summed E-state index contributed by atoms with van der Waals surface area (Å²) in [4.78, 5) is 35.7. The van der Waals surface area contributed by atoms with Crippen molar-refractivity contribution in [2.24, 2.45) is 0 Å². The summed E-state index contributed by atoms with van der Waals surface area (Å²) in [7, 11) is 1.46. The van der Waals surface area contributed by atoms with Crippen LogP contribution in [-0.2, 0) is 32.7 Å². The molecule has 408 valence electrons. The van der Waals surface area contributed by atoms with E-state index in [-0.39, 0.29) is 32.0 Å². The van der Waals surface area contributed by atoms with Crippen LogP contribution in [0.15, 0.2) is 97.2 Å². The minimum atomic E-state index is -4.39. The van der Waals surface area contributed by atoms with Gasteiger partial charge in [0.05, 0.1) is 27.7 Å². The van der Waals surface area contributed by atoms with E-state index < -0.39 is 26.5 Å². The first-order valence-electron chi connectivity index (χ1n) is 28.5. The molecule has 0 spiro atoms. The third-order valence-electron chi connectivity index (χ3n) is 11.8. The molecule has 0 aromatic heterocycles. The Morgan fingerprint density at radius 2 is 0.803 bits per heavy atom. The van der Waals surface area contributed by atoms with Crippen LogP contribution in [0.25, 0.3) is 0 Å². The highest BCUT2D eigenvalue weighted by Gasteiger charge is 2.27. The second kappa shape index (κ2) is 51.8. The molecule has 10 heteroatoms. The monoisotopic (exact) mass is 1010 g/mol. The molecule has 0 rings (SSSR count). The van der Waals surface area contributed by atoms with Gasteiger partial charge in [0.15, 0.2) is 6.10 Å². The highest BCUT2D eigenvalue weighted by Crippen LogP contribution is 2.43. The first-order valence-corrected chi connectivity index (χ1v) is 30.0. The number of carbonyl (C=O) groups is 2. The normalized spacial score (nSPS) is 14.1. The van der Waals surface area contributed by atoms with Gasteiger partial charge in [0.1, 0.15) is 19.8 Å². The van der Waals surface area contributed by atoms with E-state index in [0.717, 1.165) is 103 Å². The first kappa shape index (κ1) is 67.9. The van der Waals surface area contributed by atoms with Gasteiger partial charge in [0.25, 0.3) is 0 Å². The predicted molar refractivity (Wildman–Crippen MR) is 302 cm³/mol. The van der Waals surface area contributed by atoms with Crippen LogP contribution in [-0.4, -0.2) is 74.9 Å². The van der Waals surface area contributed by atoms with Gasteiger partial charge >= 0.3 is 19.8 Å². The summed E-state index contributed by atoms with van der Waals surface area (Å²) >= 11 is 0. The minimum absolute atomic E-state index is 0.0250. The molecule has 0 heterocycles. The zero-order valence-corrected chi connectivity index (χ0v) is 47.1. The van der Waals surface area contributed by atoms with Crippen molar-refractivity contribution >= 4 is 19.8 Å². The summed E-state index contributed by atoms with van der Waals surface area (Å²) in [5.74, 6) is -0.814. The number of allylic oxidation sites excluding steroid dienone is 16. The van der Waals surface area contributed by atoms with Gasteiger partial charge in [-0.15, -0.1) is 0 Å². The lowest BCUT2D eigenvalue weighted by Crippen LogP contribution is -2.37. The maximum absolute atomic E-state index is 12.8. The largest absolute Gasteiger partial charge is 0.472 e. The van der Waals surface area contributed by atoms with Crippen molar-refractivity contribution in [3.8, 4) is 0 Å². The molecule has 0 saturated heterocycles. The SMILES string of the molecule is CC/C=C\C/C=C\C/C=C\C/C=C\C/C=C\C/C=C\CCCCCCCCCCCCC(=O)OC(COC(=O)CCCCCCCCC/C=C\C/C=C\CCCCCC)COP(=O)(O)OCC[N+](C)(C)C. The van der Waals surface area contributed by atoms with Crippen molar-refractivity contribution in [2.45, 2.75) is 232 Å². The molecular formula is C61H107NO8P+. The summed E-state index contributed by atoms with van der Waals surface area (Å²) < 4.78 is 34.5. The Hall–Kier alpha value is -3.07. The Kier molecular flexibility index (Phi) is 49.6. The highest BCUT2D eigenvalue weighted by atomic mass is 31.2. The smallest absolute Gasteiger partial charge is 0.462 e. The van der Waals surface area contributed by atoms with Crippen molar-refractivity contribution in [3.05, 3.63) is 97.2 Å². The summed E-state index contributed by atoms with van der Waals surface area (Å²) in [6.45, 7) is 4.29. The fourth-order valence-corrected chi connectivity index (χ4v) is 8.20. The second-order valence-corrected chi connectivity index (χ2v) is 21.4. The molecule has 0 radical (unpaired) electrons. The molecule has 0 aliphatic carbocycles. The quantitative estimate of drug-likeness (QED) is 0.0211. The predicted octanol–water partition coefficient (Wildman–Crippen LogP) is 17.6. The average Bonchev–Trinajstić information content (AvgIpc) is 3.33. The topological polar surface area (TPSA) is 108 Å². The van der Waals surface area contributed by atoms with Crippen LogP contribution in [0.1, 0.15) is 226 Å². The van der Waals surface area contributed by atoms with Crippen LogP contribution in [0.5, 0.6) is 0 Å². The lowest BCUT2D eigenvalue weighted by Gasteiger charge is -2.24. The molecule has 71 heavy (non-hydrogen) atoms. The van der Waals surface area contributed by atoms with E-state index in [1.165, 1.54) is 89.9 Å². The highest BCUT2D eigenvalue weighted by molar-refractivity contribution is 7.47. The maximum Gasteiger partial charge on any atom is 0.472 e. The number of esters is 2. The first-order chi connectivity index (χ1) is 34.5. The number of phosphoric ester groups is 1. The Balaban J connectivity index is 4.21. The number of rotatable bonds is 51. The fraction of sp³-hybridized carbons (Fsp3) is 0.705. The van der Waals surface area contributed by atoms with Crippen molar-refractivity contribution in [3.63, 3.8) is 0 Å². The number of likely N-dealkylation sites (N-methyl/N-ethyl adjacent to an activating group) is 1. The van der Waals surface area contributed by atoms with Gasteiger partial charge in [-0.25, -0.2) is 4.57 Å². The summed E-state index contributed by atoms with van der Waals surface area (Å²) in [5.41, 5.74) is 0. The van der Waals surface area contributed by atoms with Gasteiger partial charge in [-0.2, -0.15) is 0 Å². The molecule has 2 unspecified atom stereocenters. The minimum Gasteiger partial charge on any atom is -0.462 e. The molecule has 0 aromatic carbocycles. The van der Waals surface area contributed by atoms with Crippen molar-refractivity contribution in [1.82, 2.24) is 0 Å². The van der Waals surface area contributed by atoms with E-state index in [4.69, 9.17) is 18.5 Å². The second-order valence-electron chi connectivity index (χ2n) is 19.9. The van der Waals surface area contributed by atoms with Crippen LogP contribution in [0, 0.1) is 0 Å². The van der Waals surface area contributed by atoms with Crippen LogP contribution in [0.2, 0.25) is 0 Å². The fourth-order valence-electron chi connectivity index (χ4n) is 7.46. The van der Waals surface area contributed by atoms with E-state index in [2.05, 4.69) is 111 Å². The van der Waals surface area contributed by atoms with E-state index >= 15 is 0 Å². The zero-order chi connectivity index (χ0) is 52.0. The van der Waals surface area contributed by atoms with Gasteiger partial charge in [-0.1, -0.05) is 214 Å². The van der Waals surface area contributed by atoms with Gasteiger partial charge in [0.2, 0.25) is 0 Å². The molecular weight excluding hydrogens is 906 g/mol. The molecule has 0 fully saturated rings. The third-order valence-corrected chi connectivity index (χ3v) is 12.8. The van der Waals surface area contributed by atoms with Crippen LogP contribution in [0.3, 0.4) is 0 Å².